The van der Waals surface area contributed by atoms with Crippen molar-refractivity contribution in [3.8, 4) is 0 Å². The Morgan fingerprint density at radius 2 is 2.33 bits per heavy atom. The summed E-state index contributed by atoms with van der Waals surface area (Å²) in [6.07, 6.45) is 4.62. The van der Waals surface area contributed by atoms with Crippen molar-refractivity contribution in [2.75, 3.05) is 6.26 Å². The molecule has 0 radical (unpaired) electrons. The molecule has 7 nitrogen and oxygen atoms in total. The Balaban J connectivity index is 2.64. The predicted octanol–water partition coefficient (Wildman–Crippen LogP) is 2.65. The minimum atomic E-state index is -0.612. The van der Waals surface area contributed by atoms with E-state index in [2.05, 4.69) is 10.5 Å². The second-order valence-electron chi connectivity index (χ2n) is 3.18. The van der Waals surface area contributed by atoms with E-state index in [1.165, 1.54) is 18.3 Å². The smallest absolute Gasteiger partial charge is 0.401 e. The van der Waals surface area contributed by atoms with Gasteiger partial charge in [0.05, 0.1) is 12.3 Å². The number of thioether (sulfide) groups is 1. The van der Waals surface area contributed by atoms with Crippen LogP contribution in [0.4, 0.5) is 10.7 Å². The van der Waals surface area contributed by atoms with Crippen molar-refractivity contribution in [1.29, 1.82) is 0 Å². The summed E-state index contributed by atoms with van der Waals surface area (Å²) in [6.45, 7) is 1.73. The molecule has 0 saturated heterocycles. The average Bonchev–Trinajstić information content (AvgIpc) is 2.77. The van der Waals surface area contributed by atoms with Gasteiger partial charge in [-0.05, 0) is 30.9 Å². The Bertz CT molecular complexity index is 507. The molecule has 0 fully saturated rings. The largest absolute Gasteiger partial charge is 0.433 e. The normalized spacial score (nSPS) is 11.8. The van der Waals surface area contributed by atoms with Crippen molar-refractivity contribution < 1.29 is 14.1 Å². The molecule has 0 spiro atoms. The molecule has 0 bridgehead atoms. The molecular formula is C10H11N3O4S. The number of nitrogens with zero attached hydrogens (tertiary/aromatic N) is 2. The van der Waals surface area contributed by atoms with Crippen LogP contribution in [0.5, 0.6) is 0 Å². The number of amides is 1. The molecule has 1 rings (SSSR count). The summed E-state index contributed by atoms with van der Waals surface area (Å²) in [4.78, 5) is 20.6. The Labute approximate surface area is 107 Å². The third-order valence-electron chi connectivity index (χ3n) is 1.77. The Morgan fingerprint density at radius 1 is 1.61 bits per heavy atom. The van der Waals surface area contributed by atoms with Gasteiger partial charge in [0, 0.05) is 0 Å². The third kappa shape index (κ3) is 4.42. The van der Waals surface area contributed by atoms with Crippen LogP contribution >= 0.6 is 11.8 Å². The van der Waals surface area contributed by atoms with Gasteiger partial charge in [0.1, 0.15) is 10.7 Å². The molecule has 0 aromatic carbocycles. The number of nitrogens with one attached hydrogen (secondary N) is 1. The molecule has 1 heterocycles. The minimum Gasteiger partial charge on any atom is -0.401 e. The number of hydrazone groups is 1. The highest BCUT2D eigenvalue weighted by Gasteiger charge is 2.09. The van der Waals surface area contributed by atoms with Crippen LogP contribution in [0.25, 0.3) is 6.08 Å². The van der Waals surface area contributed by atoms with E-state index in [9.17, 15) is 14.9 Å². The van der Waals surface area contributed by atoms with E-state index in [1.807, 2.05) is 0 Å². The van der Waals surface area contributed by atoms with Crippen LogP contribution in [0.1, 0.15) is 12.7 Å². The summed E-state index contributed by atoms with van der Waals surface area (Å²) in [7, 11) is 0. The summed E-state index contributed by atoms with van der Waals surface area (Å²) < 4.78 is 4.94. The molecule has 0 aliphatic rings. The topological polar surface area (TPSA) is 97.7 Å². The molecule has 1 aromatic heterocycles. The van der Waals surface area contributed by atoms with Crippen LogP contribution in [-0.4, -0.2) is 22.6 Å². The predicted molar refractivity (Wildman–Crippen MR) is 69.6 cm³/mol. The fourth-order valence-electron chi connectivity index (χ4n) is 1.01. The molecule has 0 atom stereocenters. The molecule has 1 amide bonds. The van der Waals surface area contributed by atoms with Gasteiger partial charge in [-0.2, -0.15) is 5.10 Å². The van der Waals surface area contributed by atoms with E-state index in [0.717, 1.165) is 11.8 Å². The van der Waals surface area contributed by atoms with Crippen LogP contribution in [0.2, 0.25) is 0 Å². The van der Waals surface area contributed by atoms with E-state index >= 15 is 0 Å². The van der Waals surface area contributed by atoms with Gasteiger partial charge in [-0.1, -0.05) is 11.8 Å². The molecule has 0 aliphatic heterocycles. The second kappa shape index (κ2) is 6.60. The van der Waals surface area contributed by atoms with Crippen molar-refractivity contribution in [3.05, 3.63) is 33.6 Å². The SMILES string of the molecule is CSC(=O)NN=CC(C)=Cc1ccc([N+](=O)[O-])o1. The maximum absolute atomic E-state index is 10.9. The molecule has 0 aliphatic carbocycles. The zero-order valence-electron chi connectivity index (χ0n) is 9.75. The standard InChI is InChI=1S/C10H11N3O4S/c1-7(6-11-12-10(14)18-2)5-8-3-4-9(17-8)13(15)16/h3-6H,1-2H3,(H,12,14). The summed E-state index contributed by atoms with van der Waals surface area (Å²) >= 11 is 1.01. The van der Waals surface area contributed by atoms with E-state index in [4.69, 9.17) is 4.42 Å². The summed E-state index contributed by atoms with van der Waals surface area (Å²) in [5.41, 5.74) is 2.97. The van der Waals surface area contributed by atoms with Crippen LogP contribution in [0, 0.1) is 10.1 Å². The number of hydrogen-bond donors (Lipinski definition) is 1. The fraction of sp³-hybridized carbons (Fsp3) is 0.200. The lowest BCUT2D eigenvalue weighted by Gasteiger charge is -1.93. The quantitative estimate of drug-likeness (QED) is 0.514. The molecule has 96 valence electrons. The third-order valence-corrected chi connectivity index (χ3v) is 2.23. The highest BCUT2D eigenvalue weighted by Crippen LogP contribution is 2.17. The fourth-order valence-corrected chi connectivity index (χ4v) is 1.16. The van der Waals surface area contributed by atoms with Crippen molar-refractivity contribution in [3.63, 3.8) is 0 Å². The van der Waals surface area contributed by atoms with Crippen LogP contribution in [0.3, 0.4) is 0 Å². The summed E-state index contributed by atoms with van der Waals surface area (Å²) in [6, 6.07) is 2.75. The van der Waals surface area contributed by atoms with Gasteiger partial charge < -0.3 is 4.42 Å². The zero-order chi connectivity index (χ0) is 13.5. The Morgan fingerprint density at radius 3 is 2.89 bits per heavy atom. The number of carbonyl (C=O) groups excluding carboxylic acids is 1. The average molecular weight is 269 g/mol. The van der Waals surface area contributed by atoms with Gasteiger partial charge >= 0.3 is 5.88 Å². The van der Waals surface area contributed by atoms with Gasteiger partial charge in [-0.15, -0.1) is 0 Å². The van der Waals surface area contributed by atoms with E-state index < -0.39 is 4.92 Å². The van der Waals surface area contributed by atoms with Crippen molar-refractivity contribution >= 4 is 35.2 Å². The molecule has 1 N–H and O–H groups in total. The molecule has 0 saturated carbocycles. The van der Waals surface area contributed by atoms with Gasteiger partial charge in [0.2, 0.25) is 0 Å². The molecule has 8 heteroatoms. The lowest BCUT2D eigenvalue weighted by atomic mass is 10.3. The first-order valence-electron chi connectivity index (χ1n) is 4.82. The summed E-state index contributed by atoms with van der Waals surface area (Å²) in [5.74, 6) is 0.0310. The lowest BCUT2D eigenvalue weighted by Crippen LogP contribution is -2.10. The van der Waals surface area contributed by atoms with Crippen LogP contribution in [-0.2, 0) is 0 Å². The van der Waals surface area contributed by atoms with Crippen LogP contribution < -0.4 is 5.43 Å². The lowest BCUT2D eigenvalue weighted by molar-refractivity contribution is -0.402. The van der Waals surface area contributed by atoms with Gasteiger partial charge in [0.25, 0.3) is 5.24 Å². The monoisotopic (exact) mass is 269 g/mol. The highest BCUT2D eigenvalue weighted by atomic mass is 32.2. The highest BCUT2D eigenvalue weighted by molar-refractivity contribution is 8.12. The molecule has 18 heavy (non-hydrogen) atoms. The Hall–Kier alpha value is -2.09. The van der Waals surface area contributed by atoms with Crippen molar-refractivity contribution in [2.45, 2.75) is 6.92 Å². The van der Waals surface area contributed by atoms with Gasteiger partial charge in [-0.25, -0.2) is 5.43 Å². The maximum atomic E-state index is 10.9. The first kappa shape index (κ1) is 14.0. The number of carbonyl (C=O) groups is 1. The van der Waals surface area contributed by atoms with E-state index in [-0.39, 0.29) is 11.1 Å². The maximum Gasteiger partial charge on any atom is 0.433 e. The van der Waals surface area contributed by atoms with E-state index in [0.29, 0.717) is 11.3 Å². The number of allylic oxidation sites excluding steroid dienone is 1. The minimum absolute atomic E-state index is 0.271. The van der Waals surface area contributed by atoms with Crippen LogP contribution in [0.15, 0.2) is 27.2 Å². The molecule has 0 unspecified atom stereocenters. The van der Waals surface area contributed by atoms with Gasteiger partial charge in [-0.3, -0.25) is 14.9 Å². The number of nitro groups is 1. The second-order valence-corrected chi connectivity index (χ2v) is 3.96. The number of furan rings is 1. The summed E-state index contributed by atoms with van der Waals surface area (Å²) in [5, 5.41) is 13.8. The first-order valence-corrected chi connectivity index (χ1v) is 6.05. The van der Waals surface area contributed by atoms with Crippen molar-refractivity contribution in [2.24, 2.45) is 5.10 Å². The van der Waals surface area contributed by atoms with E-state index in [1.54, 1.807) is 19.3 Å². The first-order chi connectivity index (χ1) is 8.52. The van der Waals surface area contributed by atoms with Gasteiger partial charge in [0.15, 0.2) is 0 Å². The van der Waals surface area contributed by atoms with Crippen molar-refractivity contribution in [1.82, 2.24) is 5.43 Å². The number of hydrogen-bond acceptors (Lipinski definition) is 6. The number of rotatable bonds is 4. The molecule has 1 aromatic rings. The Kier molecular flexibility index (Phi) is 5.12. The molecular weight excluding hydrogens is 258 g/mol. The zero-order valence-corrected chi connectivity index (χ0v) is 10.6.